The van der Waals surface area contributed by atoms with Gasteiger partial charge in [0.15, 0.2) is 0 Å². The highest BCUT2D eigenvalue weighted by molar-refractivity contribution is 6.14. The van der Waals surface area contributed by atoms with E-state index >= 15 is 0 Å². The lowest BCUT2D eigenvalue weighted by molar-refractivity contribution is 0.445. The second kappa shape index (κ2) is 8.71. The minimum absolute atomic E-state index is 1.13. The summed E-state index contributed by atoms with van der Waals surface area (Å²) in [6.45, 7) is 5.88. The lowest BCUT2D eigenvalue weighted by atomic mass is 9.80. The van der Waals surface area contributed by atoms with Gasteiger partial charge in [-0.2, -0.15) is 0 Å². The molecule has 5 aliphatic carbocycles. The number of nitrogens with zero attached hydrogens (tertiary/aromatic N) is 1. The van der Waals surface area contributed by atoms with Crippen LogP contribution in [0, 0.1) is 6.92 Å². The minimum Gasteiger partial charge on any atom is -0.377 e. The largest absolute Gasteiger partial charge is 0.377 e. The molecule has 0 N–H and O–H groups in total. The molecule has 0 aliphatic heterocycles. The van der Waals surface area contributed by atoms with Crippen LogP contribution in [-0.2, 0) is 0 Å². The molecule has 8 rings (SSSR count). The summed E-state index contributed by atoms with van der Waals surface area (Å²) in [4.78, 5) is 2.55. The van der Waals surface area contributed by atoms with Gasteiger partial charge in [0, 0.05) is 24.5 Å². The van der Waals surface area contributed by atoms with E-state index in [4.69, 9.17) is 0 Å². The van der Waals surface area contributed by atoms with Gasteiger partial charge >= 0.3 is 0 Å². The molecule has 0 unspecified atom stereocenters. The molecular weight excluding hydrogens is 470 g/mol. The summed E-state index contributed by atoms with van der Waals surface area (Å²) in [5, 5.41) is 3.00. The fraction of sp³-hybridized carbons (Fsp3) is 0.316. The molecular formula is C38H37N. The Balaban J connectivity index is 1.50. The van der Waals surface area contributed by atoms with E-state index in [0.717, 1.165) is 25.8 Å². The van der Waals surface area contributed by atoms with Gasteiger partial charge in [-0.25, -0.2) is 0 Å². The summed E-state index contributed by atoms with van der Waals surface area (Å²) in [6.07, 6.45) is 14.6. The smallest absolute Gasteiger partial charge is 0.0213 e. The van der Waals surface area contributed by atoms with Crippen LogP contribution in [0.5, 0.6) is 0 Å². The molecule has 5 aliphatic rings. The monoisotopic (exact) mass is 507 g/mol. The highest BCUT2D eigenvalue weighted by Crippen LogP contribution is 2.59. The molecule has 0 spiro atoms. The van der Waals surface area contributed by atoms with Crippen LogP contribution in [0.4, 0.5) is 0 Å². The van der Waals surface area contributed by atoms with E-state index in [2.05, 4.69) is 86.5 Å². The number of allylic oxidation sites excluding steroid dienone is 6. The molecule has 39 heavy (non-hydrogen) atoms. The zero-order valence-electron chi connectivity index (χ0n) is 23.6. The number of hydrogen-bond acceptors (Lipinski definition) is 1. The fourth-order valence-electron chi connectivity index (χ4n) is 8.39. The van der Waals surface area contributed by atoms with Gasteiger partial charge in [0.1, 0.15) is 0 Å². The summed E-state index contributed by atoms with van der Waals surface area (Å²) in [5.74, 6) is 0. The molecule has 0 fully saturated rings. The molecule has 0 saturated heterocycles. The second-order valence-electron chi connectivity index (χ2n) is 12.1. The van der Waals surface area contributed by atoms with Crippen molar-refractivity contribution in [1.29, 1.82) is 0 Å². The number of fused-ring (bicyclic) bond motifs is 6. The van der Waals surface area contributed by atoms with Crippen molar-refractivity contribution in [2.45, 2.75) is 65.2 Å². The molecule has 194 valence electrons. The summed E-state index contributed by atoms with van der Waals surface area (Å²) in [7, 11) is 2.31. The minimum atomic E-state index is 1.13. The normalized spacial score (nSPS) is 17.9. The first kappa shape index (κ1) is 23.3. The topological polar surface area (TPSA) is 3.24 Å². The van der Waals surface area contributed by atoms with Gasteiger partial charge in [0.25, 0.3) is 0 Å². The number of rotatable bonds is 5. The first-order valence-electron chi connectivity index (χ1n) is 15.2. The Bertz CT molecular complexity index is 1790. The molecule has 1 heteroatoms. The molecule has 0 amide bonds. The van der Waals surface area contributed by atoms with E-state index in [1.807, 2.05) is 0 Å². The van der Waals surface area contributed by atoms with Gasteiger partial charge in [0.2, 0.25) is 0 Å². The fourth-order valence-corrected chi connectivity index (χ4v) is 8.39. The molecule has 0 saturated carbocycles. The van der Waals surface area contributed by atoms with Gasteiger partial charge in [0.05, 0.1) is 0 Å². The van der Waals surface area contributed by atoms with Crippen molar-refractivity contribution < 1.29 is 0 Å². The van der Waals surface area contributed by atoms with Crippen LogP contribution in [0.15, 0.2) is 71.8 Å². The number of unbranched alkanes of at least 4 members (excludes halogenated alkanes) is 1. The van der Waals surface area contributed by atoms with Crippen LogP contribution in [0.3, 0.4) is 0 Å². The van der Waals surface area contributed by atoms with Gasteiger partial charge in [-0.15, -0.1) is 0 Å². The van der Waals surface area contributed by atoms with E-state index in [-0.39, 0.29) is 0 Å². The van der Waals surface area contributed by atoms with Gasteiger partial charge < -0.3 is 4.90 Å². The summed E-state index contributed by atoms with van der Waals surface area (Å²) in [5.41, 5.74) is 21.4. The maximum absolute atomic E-state index is 2.56. The second-order valence-corrected chi connectivity index (χ2v) is 12.1. The molecule has 0 radical (unpaired) electrons. The lowest BCUT2D eigenvalue weighted by Crippen LogP contribution is -2.37. The Labute approximate surface area is 232 Å². The van der Waals surface area contributed by atoms with E-state index in [1.54, 1.807) is 33.4 Å². The third-order valence-corrected chi connectivity index (χ3v) is 9.99. The van der Waals surface area contributed by atoms with Crippen LogP contribution >= 0.6 is 0 Å². The third kappa shape index (κ3) is 3.14. The number of benzene rings is 3. The molecule has 0 atom stereocenters. The third-order valence-electron chi connectivity index (χ3n) is 9.99. The summed E-state index contributed by atoms with van der Waals surface area (Å²) >= 11 is 0. The van der Waals surface area contributed by atoms with Crippen LogP contribution < -0.4 is 10.4 Å². The predicted octanol–water partition coefficient (Wildman–Crippen LogP) is 8.14. The average molecular weight is 508 g/mol. The van der Waals surface area contributed by atoms with Crippen molar-refractivity contribution >= 4 is 22.4 Å². The van der Waals surface area contributed by atoms with Crippen molar-refractivity contribution in [3.63, 3.8) is 0 Å². The van der Waals surface area contributed by atoms with Gasteiger partial charge in [-0.3, -0.25) is 0 Å². The van der Waals surface area contributed by atoms with E-state index in [0.29, 0.717) is 0 Å². The van der Waals surface area contributed by atoms with Crippen LogP contribution in [0.2, 0.25) is 0 Å². The first-order chi connectivity index (χ1) is 19.2. The van der Waals surface area contributed by atoms with Crippen LogP contribution in [0.25, 0.3) is 44.7 Å². The molecule has 1 nitrogen and oxygen atoms in total. The molecule has 0 heterocycles. The van der Waals surface area contributed by atoms with Crippen molar-refractivity contribution in [3.8, 4) is 22.3 Å². The summed E-state index contributed by atoms with van der Waals surface area (Å²) in [6, 6.07) is 18.4. The Morgan fingerprint density at radius 1 is 0.744 bits per heavy atom. The Hall–Kier alpha value is -3.58. The average Bonchev–Trinajstić information content (AvgIpc) is 3.49. The Morgan fingerprint density at radius 2 is 1.56 bits per heavy atom. The van der Waals surface area contributed by atoms with Crippen molar-refractivity contribution in [3.05, 3.63) is 105 Å². The van der Waals surface area contributed by atoms with Crippen LogP contribution in [-0.4, -0.2) is 18.5 Å². The molecule has 0 aromatic heterocycles. The standard InChI is InChI=1S/C38H37N/c1-4-5-22-39(3)31-21-20-30-33-23(2)32-27-17-9-14-24-15-10-18-28(34(24)27)37(32)35(25-12-7-6-8-13-25)38(33)29-19-11-16-26(31)36(29)30/h6-8,11-14,16,18-19H,4-5,9-10,15,17,20-22H2,1-3H3. The van der Waals surface area contributed by atoms with Crippen molar-refractivity contribution in [1.82, 2.24) is 4.90 Å². The summed E-state index contributed by atoms with van der Waals surface area (Å²) < 4.78 is 0. The van der Waals surface area contributed by atoms with E-state index in [9.17, 15) is 0 Å². The van der Waals surface area contributed by atoms with Crippen molar-refractivity contribution in [2.24, 2.45) is 0 Å². The Morgan fingerprint density at radius 3 is 2.41 bits per heavy atom. The highest BCUT2D eigenvalue weighted by Gasteiger charge is 2.39. The molecule has 3 aromatic rings. The van der Waals surface area contributed by atoms with Crippen LogP contribution in [0.1, 0.15) is 80.5 Å². The van der Waals surface area contributed by atoms with E-state index in [1.165, 1.54) is 87.2 Å². The zero-order chi connectivity index (χ0) is 26.2. The molecule has 3 aromatic carbocycles. The van der Waals surface area contributed by atoms with Gasteiger partial charge in [-0.1, -0.05) is 74.0 Å². The van der Waals surface area contributed by atoms with Gasteiger partial charge in [-0.05, 0) is 129 Å². The Kier molecular flexibility index (Phi) is 5.21. The zero-order valence-corrected chi connectivity index (χ0v) is 23.6. The SMILES string of the molecule is CCCCN(C)C1=c2cccc3c2=C(CC1)c1c(C)c2c(c(-c4ccccc4)c1-3)C1=CCCC3=CCCC2=C31. The maximum Gasteiger partial charge on any atom is 0.0213 e. The highest BCUT2D eigenvalue weighted by atomic mass is 15.1. The lowest BCUT2D eigenvalue weighted by Gasteiger charge is -2.26. The molecule has 0 bridgehead atoms. The quantitative estimate of drug-likeness (QED) is 0.337. The maximum atomic E-state index is 2.56. The first-order valence-corrected chi connectivity index (χ1v) is 15.2. The number of hydrogen-bond donors (Lipinski definition) is 0. The van der Waals surface area contributed by atoms with E-state index < -0.39 is 0 Å². The van der Waals surface area contributed by atoms with Crippen molar-refractivity contribution in [2.75, 3.05) is 13.6 Å². The predicted molar refractivity (Wildman–Crippen MR) is 165 cm³/mol.